The minimum Gasteiger partial charge on any atom is -0.486 e. The predicted octanol–water partition coefficient (Wildman–Crippen LogP) is 3.71. The maximum atomic E-state index is 12.9. The summed E-state index contributed by atoms with van der Waals surface area (Å²) in [5, 5.41) is 10.7. The number of anilines is 1. The molecule has 0 spiro atoms. The van der Waals surface area contributed by atoms with Crippen molar-refractivity contribution in [2.24, 2.45) is 0 Å². The third kappa shape index (κ3) is 4.43. The van der Waals surface area contributed by atoms with Crippen molar-refractivity contribution in [3.8, 4) is 17.6 Å². The van der Waals surface area contributed by atoms with Gasteiger partial charge < -0.3 is 19.1 Å². The number of carbonyl (C=O) groups is 2. The number of nitriles is 1. The van der Waals surface area contributed by atoms with Gasteiger partial charge in [0.2, 0.25) is 0 Å². The van der Waals surface area contributed by atoms with Crippen molar-refractivity contribution in [3.05, 3.63) is 66.2 Å². The summed E-state index contributed by atoms with van der Waals surface area (Å²) in [4.78, 5) is 26.9. The highest BCUT2D eigenvalue weighted by Crippen LogP contribution is 2.34. The number of amides is 1. The highest BCUT2D eigenvalue weighted by atomic mass is 16.6. The molecule has 3 aromatic carbocycles. The average molecular weight is 416 g/mol. The second kappa shape index (κ2) is 9.18. The fraction of sp³-hybridized carbons (Fsp3) is 0.208. The Bertz CT molecular complexity index is 1160. The molecule has 0 radical (unpaired) electrons. The number of carbonyl (C=O) groups excluding carboxylic acids is 2. The molecule has 31 heavy (non-hydrogen) atoms. The zero-order chi connectivity index (χ0) is 21.6. The number of hydrogen-bond acceptors (Lipinski definition) is 6. The molecule has 1 aliphatic rings. The fourth-order valence-electron chi connectivity index (χ4n) is 3.45. The lowest BCUT2D eigenvalue weighted by Gasteiger charge is -2.24. The topological polar surface area (TPSA) is 88.9 Å². The normalized spacial score (nSPS) is 12.1. The molecule has 4 rings (SSSR count). The zero-order valence-corrected chi connectivity index (χ0v) is 16.7. The maximum absolute atomic E-state index is 12.9. The Kier molecular flexibility index (Phi) is 5.99. The van der Waals surface area contributed by atoms with Gasteiger partial charge in [0, 0.05) is 18.3 Å². The number of hydrogen-bond donors (Lipinski definition) is 0. The van der Waals surface area contributed by atoms with Crippen LogP contribution >= 0.6 is 0 Å². The molecule has 0 saturated carbocycles. The quantitative estimate of drug-likeness (QED) is 0.569. The molecule has 0 N–H and O–H groups in total. The van der Waals surface area contributed by atoms with E-state index < -0.39 is 18.5 Å². The molecule has 0 atom stereocenters. The van der Waals surface area contributed by atoms with Gasteiger partial charge in [-0.3, -0.25) is 4.79 Å². The molecule has 3 aromatic rings. The highest BCUT2D eigenvalue weighted by molar-refractivity contribution is 6.05. The lowest BCUT2D eigenvalue weighted by Crippen LogP contribution is -2.35. The van der Waals surface area contributed by atoms with Crippen molar-refractivity contribution in [2.75, 3.05) is 31.3 Å². The van der Waals surface area contributed by atoms with Crippen LogP contribution in [0.1, 0.15) is 16.8 Å². The summed E-state index contributed by atoms with van der Waals surface area (Å²) < 4.78 is 16.4. The molecule has 0 saturated heterocycles. The Balaban J connectivity index is 1.50. The SMILES string of the molecule is N#CCCN(C(=O)COC(=O)c1cccc2ccccc12)c1ccc2c(c1)OCCO2. The van der Waals surface area contributed by atoms with E-state index in [4.69, 9.17) is 19.5 Å². The first-order chi connectivity index (χ1) is 15.2. The van der Waals surface area contributed by atoms with Crippen molar-refractivity contribution >= 4 is 28.3 Å². The van der Waals surface area contributed by atoms with Gasteiger partial charge in [0.15, 0.2) is 18.1 Å². The van der Waals surface area contributed by atoms with Crippen LogP contribution in [0, 0.1) is 11.3 Å². The van der Waals surface area contributed by atoms with Crippen LogP contribution in [0.15, 0.2) is 60.7 Å². The summed E-state index contributed by atoms with van der Waals surface area (Å²) in [7, 11) is 0. The summed E-state index contributed by atoms with van der Waals surface area (Å²) in [6, 6.07) is 20.0. The first-order valence-electron chi connectivity index (χ1n) is 9.89. The van der Waals surface area contributed by atoms with Crippen LogP contribution in [0.2, 0.25) is 0 Å². The van der Waals surface area contributed by atoms with Gasteiger partial charge in [-0.05, 0) is 29.0 Å². The van der Waals surface area contributed by atoms with Gasteiger partial charge in [0.25, 0.3) is 5.91 Å². The Hall–Kier alpha value is -4.05. The van der Waals surface area contributed by atoms with Crippen molar-refractivity contribution in [2.45, 2.75) is 6.42 Å². The maximum Gasteiger partial charge on any atom is 0.339 e. The molecular formula is C24H20N2O5. The minimum absolute atomic E-state index is 0.136. The third-order valence-corrected chi connectivity index (χ3v) is 4.92. The second-order valence-electron chi connectivity index (χ2n) is 6.88. The van der Waals surface area contributed by atoms with E-state index in [9.17, 15) is 9.59 Å². The molecule has 7 nitrogen and oxygen atoms in total. The predicted molar refractivity (Wildman–Crippen MR) is 114 cm³/mol. The van der Waals surface area contributed by atoms with Crippen LogP contribution in [0.25, 0.3) is 10.8 Å². The van der Waals surface area contributed by atoms with Crippen LogP contribution < -0.4 is 14.4 Å². The van der Waals surface area contributed by atoms with E-state index in [-0.39, 0.29) is 13.0 Å². The van der Waals surface area contributed by atoms with E-state index in [0.29, 0.717) is 36.0 Å². The monoisotopic (exact) mass is 416 g/mol. The smallest absolute Gasteiger partial charge is 0.339 e. The van der Waals surface area contributed by atoms with Gasteiger partial charge in [0.1, 0.15) is 13.2 Å². The van der Waals surface area contributed by atoms with Crippen molar-refractivity contribution in [1.82, 2.24) is 0 Å². The summed E-state index contributed by atoms with van der Waals surface area (Å²) in [6.07, 6.45) is 0.136. The molecule has 0 unspecified atom stereocenters. The molecule has 1 aliphatic heterocycles. The van der Waals surface area contributed by atoms with E-state index in [2.05, 4.69) is 0 Å². The lowest BCUT2D eigenvalue weighted by molar-refractivity contribution is -0.121. The van der Waals surface area contributed by atoms with Crippen LogP contribution in [-0.4, -0.2) is 38.2 Å². The summed E-state index contributed by atoms with van der Waals surface area (Å²) in [5.74, 6) is 0.129. The van der Waals surface area contributed by atoms with Gasteiger partial charge >= 0.3 is 5.97 Å². The van der Waals surface area contributed by atoms with Crippen molar-refractivity contribution < 1.29 is 23.8 Å². The summed E-state index contributed by atoms with van der Waals surface area (Å²) >= 11 is 0. The Morgan fingerprint density at radius 3 is 2.61 bits per heavy atom. The summed E-state index contributed by atoms with van der Waals surface area (Å²) in [6.45, 7) is 0.613. The number of ether oxygens (including phenoxy) is 3. The van der Waals surface area contributed by atoms with E-state index in [1.165, 1.54) is 4.90 Å². The van der Waals surface area contributed by atoms with Gasteiger partial charge in [-0.2, -0.15) is 5.26 Å². The standard InChI is InChI=1S/C24H20N2O5/c25-11-4-12-26(18-9-10-21-22(15-18)30-14-13-29-21)23(27)16-31-24(28)20-8-3-6-17-5-1-2-7-19(17)20/h1-3,5-10,15H,4,12-14,16H2. The number of benzene rings is 3. The Morgan fingerprint density at radius 1 is 1.00 bits per heavy atom. The van der Waals surface area contributed by atoms with Gasteiger partial charge in [-0.15, -0.1) is 0 Å². The summed E-state index contributed by atoms with van der Waals surface area (Å²) in [5.41, 5.74) is 0.944. The minimum atomic E-state index is -0.576. The Morgan fingerprint density at radius 2 is 1.77 bits per heavy atom. The van der Waals surface area contributed by atoms with E-state index in [1.54, 1.807) is 30.3 Å². The zero-order valence-electron chi connectivity index (χ0n) is 16.7. The van der Waals surface area contributed by atoms with E-state index >= 15 is 0 Å². The fourth-order valence-corrected chi connectivity index (χ4v) is 3.45. The molecule has 0 bridgehead atoms. The third-order valence-electron chi connectivity index (χ3n) is 4.92. The first kappa shape index (κ1) is 20.2. The van der Waals surface area contributed by atoms with Gasteiger partial charge in [-0.1, -0.05) is 36.4 Å². The molecular weight excluding hydrogens is 396 g/mol. The molecule has 7 heteroatoms. The molecule has 0 fully saturated rings. The number of rotatable bonds is 6. The van der Waals surface area contributed by atoms with Gasteiger partial charge in [-0.25, -0.2) is 4.79 Å². The van der Waals surface area contributed by atoms with Crippen molar-refractivity contribution in [3.63, 3.8) is 0 Å². The Labute approximate surface area is 179 Å². The van der Waals surface area contributed by atoms with Crippen LogP contribution in [0.3, 0.4) is 0 Å². The molecule has 0 aromatic heterocycles. The average Bonchev–Trinajstić information content (AvgIpc) is 2.82. The first-order valence-corrected chi connectivity index (χ1v) is 9.89. The second-order valence-corrected chi connectivity index (χ2v) is 6.88. The largest absolute Gasteiger partial charge is 0.486 e. The highest BCUT2D eigenvalue weighted by Gasteiger charge is 2.21. The molecule has 1 amide bonds. The van der Waals surface area contributed by atoms with Crippen LogP contribution in [-0.2, 0) is 9.53 Å². The lowest BCUT2D eigenvalue weighted by atomic mass is 10.1. The number of esters is 1. The van der Waals surface area contributed by atoms with E-state index in [1.807, 2.05) is 36.4 Å². The van der Waals surface area contributed by atoms with Crippen LogP contribution in [0.5, 0.6) is 11.5 Å². The van der Waals surface area contributed by atoms with Gasteiger partial charge in [0.05, 0.1) is 18.1 Å². The van der Waals surface area contributed by atoms with Crippen molar-refractivity contribution in [1.29, 1.82) is 5.26 Å². The van der Waals surface area contributed by atoms with Crippen LogP contribution in [0.4, 0.5) is 5.69 Å². The molecule has 0 aliphatic carbocycles. The molecule has 1 heterocycles. The molecule has 156 valence electrons. The number of nitrogens with zero attached hydrogens (tertiary/aromatic N) is 2. The number of fused-ring (bicyclic) bond motifs is 2. The van der Waals surface area contributed by atoms with E-state index in [0.717, 1.165) is 10.8 Å².